The number of anilines is 1. The Hall–Kier alpha value is -0.880. The van der Waals surface area contributed by atoms with Crippen LogP contribution in [0, 0.1) is 4.77 Å². The van der Waals surface area contributed by atoms with Crippen molar-refractivity contribution in [3.8, 4) is 0 Å². The first-order chi connectivity index (χ1) is 9.16. The van der Waals surface area contributed by atoms with Gasteiger partial charge in [-0.05, 0) is 51.9 Å². The molecule has 0 radical (unpaired) electrons. The quantitative estimate of drug-likeness (QED) is 0.844. The normalized spacial score (nSPS) is 24.8. The Bertz CT molecular complexity index is 491. The highest BCUT2D eigenvalue weighted by molar-refractivity contribution is 7.71. The minimum Gasteiger partial charge on any atom is -0.339 e. The number of nitrogens with one attached hydrogen (secondary N) is 1. The van der Waals surface area contributed by atoms with Gasteiger partial charge in [-0.2, -0.15) is 0 Å². The van der Waals surface area contributed by atoms with Gasteiger partial charge >= 0.3 is 0 Å². The highest BCUT2D eigenvalue weighted by Crippen LogP contribution is 2.25. The van der Waals surface area contributed by atoms with Crippen molar-refractivity contribution in [2.24, 2.45) is 0 Å². The average Bonchev–Trinajstić information content (AvgIpc) is 2.91. The molecule has 2 aliphatic rings. The lowest BCUT2D eigenvalue weighted by molar-refractivity contribution is 0.272. The second-order valence-electron chi connectivity index (χ2n) is 5.92. The lowest BCUT2D eigenvalue weighted by Crippen LogP contribution is -2.37. The van der Waals surface area contributed by atoms with E-state index in [1.807, 2.05) is 0 Å². The van der Waals surface area contributed by atoms with Crippen molar-refractivity contribution in [3.05, 3.63) is 4.77 Å². The van der Waals surface area contributed by atoms with Crippen LogP contribution < -0.4 is 4.90 Å². The van der Waals surface area contributed by atoms with Crippen molar-refractivity contribution in [1.29, 1.82) is 0 Å². The van der Waals surface area contributed by atoms with Crippen LogP contribution >= 0.6 is 12.2 Å². The van der Waals surface area contributed by atoms with Crippen LogP contribution in [-0.4, -0.2) is 51.9 Å². The van der Waals surface area contributed by atoms with E-state index in [-0.39, 0.29) is 0 Å². The van der Waals surface area contributed by atoms with Crippen LogP contribution in [0.1, 0.15) is 39.2 Å². The summed E-state index contributed by atoms with van der Waals surface area (Å²) in [7, 11) is 0. The molecule has 5 nitrogen and oxygen atoms in total. The molecule has 1 aromatic heterocycles. The van der Waals surface area contributed by atoms with Gasteiger partial charge in [0.15, 0.2) is 4.77 Å². The molecule has 1 atom stereocenters. The molecule has 1 unspecified atom stereocenters. The van der Waals surface area contributed by atoms with Gasteiger partial charge in [-0.25, -0.2) is 5.10 Å². The monoisotopic (exact) mass is 281 g/mol. The van der Waals surface area contributed by atoms with Gasteiger partial charge < -0.3 is 4.90 Å². The molecule has 0 aromatic carbocycles. The van der Waals surface area contributed by atoms with Crippen molar-refractivity contribution >= 4 is 18.2 Å². The summed E-state index contributed by atoms with van der Waals surface area (Å²) in [5, 5.41) is 7.43. The number of aromatic nitrogens is 3. The third kappa shape index (κ3) is 2.43. The topological polar surface area (TPSA) is 40.1 Å². The first-order valence-electron chi connectivity index (χ1n) is 7.32. The largest absolute Gasteiger partial charge is 0.339 e. The predicted molar refractivity (Wildman–Crippen MR) is 79.2 cm³/mol. The zero-order valence-electron chi connectivity index (χ0n) is 11.8. The zero-order chi connectivity index (χ0) is 13.4. The molecule has 3 heterocycles. The van der Waals surface area contributed by atoms with Crippen LogP contribution in [0.3, 0.4) is 0 Å². The first kappa shape index (κ1) is 13.1. The van der Waals surface area contributed by atoms with Gasteiger partial charge in [-0.15, -0.1) is 5.10 Å². The van der Waals surface area contributed by atoms with Gasteiger partial charge in [0, 0.05) is 31.7 Å². The number of hydrogen-bond acceptors (Lipinski definition) is 4. The molecule has 106 valence electrons. The molecular weight excluding hydrogens is 258 g/mol. The first-order valence-corrected chi connectivity index (χ1v) is 7.73. The van der Waals surface area contributed by atoms with Crippen molar-refractivity contribution in [2.45, 2.75) is 45.2 Å². The number of aromatic amines is 1. The molecule has 1 N–H and O–H groups in total. The average molecular weight is 281 g/mol. The fraction of sp³-hybridized carbons (Fsp3) is 0.846. The van der Waals surface area contributed by atoms with Crippen LogP contribution in [-0.2, 0) is 0 Å². The molecule has 0 saturated carbocycles. The van der Waals surface area contributed by atoms with Gasteiger partial charge in [0.2, 0.25) is 5.95 Å². The van der Waals surface area contributed by atoms with E-state index in [0.29, 0.717) is 12.1 Å². The molecular formula is C13H23N5S. The summed E-state index contributed by atoms with van der Waals surface area (Å²) in [5.74, 6) is 1.02. The zero-order valence-corrected chi connectivity index (χ0v) is 12.6. The molecule has 2 saturated heterocycles. The Balaban J connectivity index is 1.87. The van der Waals surface area contributed by atoms with E-state index in [2.05, 4.69) is 38.4 Å². The van der Waals surface area contributed by atoms with E-state index < -0.39 is 0 Å². The van der Waals surface area contributed by atoms with Gasteiger partial charge in [0.05, 0.1) is 0 Å². The van der Waals surface area contributed by atoms with Crippen LogP contribution in [0.2, 0.25) is 0 Å². The highest BCUT2D eigenvalue weighted by atomic mass is 32.1. The summed E-state index contributed by atoms with van der Waals surface area (Å²) in [6.07, 6.45) is 3.88. The van der Waals surface area contributed by atoms with E-state index in [0.717, 1.165) is 23.8 Å². The molecule has 2 aliphatic heterocycles. The Morgan fingerprint density at radius 3 is 2.84 bits per heavy atom. The minimum atomic E-state index is 0.351. The summed E-state index contributed by atoms with van der Waals surface area (Å²) < 4.78 is 2.87. The number of hydrogen-bond donors (Lipinski definition) is 1. The maximum atomic E-state index is 5.35. The molecule has 2 fully saturated rings. The molecule has 0 bridgehead atoms. The summed E-state index contributed by atoms with van der Waals surface area (Å²) in [5.41, 5.74) is 0. The molecule has 0 spiro atoms. The Labute approximate surface area is 119 Å². The van der Waals surface area contributed by atoms with E-state index in [1.54, 1.807) is 0 Å². The van der Waals surface area contributed by atoms with Gasteiger partial charge in [0.25, 0.3) is 0 Å². The molecule has 19 heavy (non-hydrogen) atoms. The number of nitrogens with zero attached hydrogens (tertiary/aromatic N) is 4. The van der Waals surface area contributed by atoms with E-state index in [1.165, 1.54) is 32.4 Å². The highest BCUT2D eigenvalue weighted by Gasteiger charge is 2.30. The predicted octanol–water partition coefficient (Wildman–Crippen LogP) is 2.20. The van der Waals surface area contributed by atoms with E-state index in [9.17, 15) is 0 Å². The Kier molecular flexibility index (Phi) is 3.62. The van der Waals surface area contributed by atoms with Crippen LogP contribution in [0.4, 0.5) is 5.95 Å². The lowest BCUT2D eigenvalue weighted by Gasteiger charge is -2.27. The number of H-pyrrole nitrogens is 1. The lowest BCUT2D eigenvalue weighted by atomic mass is 10.2. The Morgan fingerprint density at radius 2 is 2.05 bits per heavy atom. The van der Waals surface area contributed by atoms with Gasteiger partial charge in [-0.1, -0.05) is 0 Å². The summed E-state index contributed by atoms with van der Waals surface area (Å²) >= 11 is 5.35. The van der Waals surface area contributed by atoms with Crippen LogP contribution in [0.5, 0.6) is 0 Å². The second kappa shape index (κ2) is 5.25. The fourth-order valence-electron chi connectivity index (χ4n) is 3.37. The molecule has 3 rings (SSSR count). The Morgan fingerprint density at radius 1 is 1.26 bits per heavy atom. The van der Waals surface area contributed by atoms with Crippen molar-refractivity contribution in [2.75, 3.05) is 31.1 Å². The maximum absolute atomic E-state index is 5.35. The van der Waals surface area contributed by atoms with Gasteiger partial charge in [-0.3, -0.25) is 9.47 Å². The van der Waals surface area contributed by atoms with Crippen molar-refractivity contribution < 1.29 is 0 Å². The molecule has 0 amide bonds. The number of fused-ring (bicyclic) bond motifs is 1. The van der Waals surface area contributed by atoms with Crippen molar-refractivity contribution in [3.63, 3.8) is 0 Å². The van der Waals surface area contributed by atoms with Crippen LogP contribution in [0.15, 0.2) is 0 Å². The summed E-state index contributed by atoms with van der Waals surface area (Å²) in [6.45, 7) is 9.00. The van der Waals surface area contributed by atoms with Crippen molar-refractivity contribution in [1.82, 2.24) is 19.7 Å². The molecule has 6 heteroatoms. The van der Waals surface area contributed by atoms with Crippen LogP contribution in [0.25, 0.3) is 0 Å². The minimum absolute atomic E-state index is 0.351. The maximum Gasteiger partial charge on any atom is 0.226 e. The molecule has 1 aromatic rings. The third-order valence-corrected chi connectivity index (χ3v) is 4.58. The van der Waals surface area contributed by atoms with E-state index in [4.69, 9.17) is 12.2 Å². The summed E-state index contributed by atoms with van der Waals surface area (Å²) in [4.78, 5) is 5.06. The van der Waals surface area contributed by atoms with Gasteiger partial charge in [0.1, 0.15) is 0 Å². The standard InChI is InChI=1S/C13H23N5S/c1-10(2)18-12(14-15-13(18)19)17-8-4-7-16-6-3-5-11(16)9-17/h10-11H,3-9H2,1-2H3,(H,15,19). The number of rotatable bonds is 2. The second-order valence-corrected chi connectivity index (χ2v) is 6.31. The third-order valence-electron chi connectivity index (χ3n) is 4.29. The van der Waals surface area contributed by atoms with E-state index >= 15 is 0 Å². The SMILES string of the molecule is CC(C)n1c(N2CCCN3CCCC3C2)n[nH]c1=S. The summed E-state index contributed by atoms with van der Waals surface area (Å²) in [6, 6.07) is 1.05. The molecule has 0 aliphatic carbocycles. The smallest absolute Gasteiger partial charge is 0.226 e. The fourth-order valence-corrected chi connectivity index (χ4v) is 3.71.